The molecule has 1 atom stereocenters. The summed E-state index contributed by atoms with van der Waals surface area (Å²) in [4.78, 5) is 13.5. The summed E-state index contributed by atoms with van der Waals surface area (Å²) in [5.41, 5.74) is 2.22. The van der Waals surface area contributed by atoms with Gasteiger partial charge < -0.3 is 14.4 Å². The van der Waals surface area contributed by atoms with Crippen LogP contribution in [0, 0.1) is 0 Å². The van der Waals surface area contributed by atoms with E-state index in [4.69, 9.17) is 4.74 Å². The summed E-state index contributed by atoms with van der Waals surface area (Å²) in [7, 11) is 0. The molecule has 0 aliphatic carbocycles. The standard InChI is InChI=1S/C21H27NO2/c1-3-22(4-2)15-17-24-21-13-9-8-12-20(21)19(14-16-23)18-10-6-5-7-11-18/h5-13,16,19H,3-4,14-15,17H2,1-2H3. The number of aldehydes is 1. The minimum Gasteiger partial charge on any atom is -0.492 e. The van der Waals surface area contributed by atoms with Gasteiger partial charge in [-0.15, -0.1) is 0 Å². The third-order valence-corrected chi connectivity index (χ3v) is 4.39. The van der Waals surface area contributed by atoms with E-state index in [-0.39, 0.29) is 5.92 Å². The zero-order valence-electron chi connectivity index (χ0n) is 14.7. The second-order valence-electron chi connectivity index (χ2n) is 5.78. The number of carbonyl (C=O) groups is 1. The number of para-hydroxylation sites is 1. The Morgan fingerprint density at radius 3 is 2.33 bits per heavy atom. The first-order valence-electron chi connectivity index (χ1n) is 8.72. The van der Waals surface area contributed by atoms with Crippen LogP contribution < -0.4 is 4.74 Å². The molecule has 2 aromatic carbocycles. The number of benzene rings is 2. The quantitative estimate of drug-likeness (QED) is 0.615. The SMILES string of the molecule is CCN(CC)CCOc1ccccc1C(CC=O)c1ccccc1. The highest BCUT2D eigenvalue weighted by Gasteiger charge is 2.18. The van der Waals surface area contributed by atoms with Gasteiger partial charge in [-0.1, -0.05) is 62.4 Å². The summed E-state index contributed by atoms with van der Waals surface area (Å²) in [5, 5.41) is 0. The second-order valence-corrected chi connectivity index (χ2v) is 5.78. The molecule has 3 nitrogen and oxygen atoms in total. The fourth-order valence-corrected chi connectivity index (χ4v) is 2.95. The monoisotopic (exact) mass is 325 g/mol. The molecule has 1 unspecified atom stereocenters. The van der Waals surface area contributed by atoms with Crippen LogP contribution >= 0.6 is 0 Å². The van der Waals surface area contributed by atoms with Crippen LogP contribution in [0.1, 0.15) is 37.3 Å². The highest BCUT2D eigenvalue weighted by atomic mass is 16.5. The normalized spacial score (nSPS) is 12.1. The van der Waals surface area contributed by atoms with Crippen molar-refractivity contribution in [2.75, 3.05) is 26.2 Å². The van der Waals surface area contributed by atoms with Gasteiger partial charge in [0.05, 0.1) is 0 Å². The maximum atomic E-state index is 11.2. The number of likely N-dealkylation sites (N-methyl/N-ethyl adjacent to an activating group) is 1. The van der Waals surface area contributed by atoms with Gasteiger partial charge in [-0.2, -0.15) is 0 Å². The van der Waals surface area contributed by atoms with Gasteiger partial charge >= 0.3 is 0 Å². The largest absolute Gasteiger partial charge is 0.492 e. The summed E-state index contributed by atoms with van der Waals surface area (Å²) in [6.07, 6.45) is 1.45. The summed E-state index contributed by atoms with van der Waals surface area (Å²) < 4.78 is 6.06. The van der Waals surface area contributed by atoms with E-state index in [2.05, 4.69) is 36.9 Å². The average Bonchev–Trinajstić information content (AvgIpc) is 2.64. The van der Waals surface area contributed by atoms with Gasteiger partial charge in [0.1, 0.15) is 18.6 Å². The van der Waals surface area contributed by atoms with Gasteiger partial charge in [-0.05, 0) is 24.7 Å². The van der Waals surface area contributed by atoms with Crippen LogP contribution in [0.3, 0.4) is 0 Å². The first-order chi connectivity index (χ1) is 11.8. The maximum absolute atomic E-state index is 11.2. The van der Waals surface area contributed by atoms with Crippen LogP contribution in [0.4, 0.5) is 0 Å². The molecule has 0 aromatic heterocycles. The number of nitrogens with zero attached hydrogens (tertiary/aromatic N) is 1. The predicted octanol–water partition coefficient (Wildman–Crippen LogP) is 4.13. The van der Waals surface area contributed by atoms with Crippen LogP contribution in [-0.4, -0.2) is 37.4 Å². The molecule has 2 rings (SSSR count). The third-order valence-electron chi connectivity index (χ3n) is 4.39. The van der Waals surface area contributed by atoms with Crippen molar-refractivity contribution in [1.29, 1.82) is 0 Å². The van der Waals surface area contributed by atoms with E-state index in [1.165, 1.54) is 0 Å². The van der Waals surface area contributed by atoms with Crippen molar-refractivity contribution in [3.63, 3.8) is 0 Å². The molecule has 0 N–H and O–H groups in total. The highest BCUT2D eigenvalue weighted by molar-refractivity contribution is 5.55. The minimum absolute atomic E-state index is 0.0355. The summed E-state index contributed by atoms with van der Waals surface area (Å²) in [5.74, 6) is 0.911. The molecule has 3 heteroatoms. The number of carbonyl (C=O) groups excluding carboxylic acids is 1. The molecule has 0 heterocycles. The molecule has 0 saturated heterocycles. The Balaban J connectivity index is 2.17. The van der Waals surface area contributed by atoms with E-state index < -0.39 is 0 Å². The Kier molecular flexibility index (Phi) is 7.50. The maximum Gasteiger partial charge on any atom is 0.123 e. The predicted molar refractivity (Wildman–Crippen MR) is 98.7 cm³/mol. The highest BCUT2D eigenvalue weighted by Crippen LogP contribution is 2.33. The van der Waals surface area contributed by atoms with Crippen LogP contribution in [0.25, 0.3) is 0 Å². The lowest BCUT2D eigenvalue weighted by atomic mass is 9.88. The van der Waals surface area contributed by atoms with E-state index in [0.29, 0.717) is 13.0 Å². The Hall–Kier alpha value is -2.13. The van der Waals surface area contributed by atoms with Gasteiger partial charge in [0.2, 0.25) is 0 Å². The fraction of sp³-hybridized carbons (Fsp3) is 0.381. The molecule has 0 aliphatic rings. The van der Waals surface area contributed by atoms with Crippen LogP contribution in [-0.2, 0) is 4.79 Å². The Bertz CT molecular complexity index is 608. The Morgan fingerprint density at radius 2 is 1.67 bits per heavy atom. The van der Waals surface area contributed by atoms with Crippen LogP contribution in [0.2, 0.25) is 0 Å². The van der Waals surface area contributed by atoms with Gasteiger partial charge in [-0.25, -0.2) is 0 Å². The number of hydrogen-bond donors (Lipinski definition) is 0. The van der Waals surface area contributed by atoms with Crippen molar-refractivity contribution < 1.29 is 9.53 Å². The minimum atomic E-state index is 0.0355. The van der Waals surface area contributed by atoms with Crippen LogP contribution in [0.5, 0.6) is 5.75 Å². The van der Waals surface area contributed by atoms with Gasteiger partial charge in [0, 0.05) is 24.4 Å². The molecule has 0 amide bonds. The lowest BCUT2D eigenvalue weighted by Crippen LogP contribution is -2.28. The molecular formula is C21H27NO2. The molecule has 0 bridgehead atoms. The number of hydrogen-bond acceptors (Lipinski definition) is 3. The van der Waals surface area contributed by atoms with E-state index in [1.54, 1.807) is 0 Å². The number of rotatable bonds is 10. The molecule has 2 aromatic rings. The van der Waals surface area contributed by atoms with Gasteiger partial charge in [-0.3, -0.25) is 0 Å². The van der Waals surface area contributed by atoms with Crippen molar-refractivity contribution >= 4 is 6.29 Å². The fourth-order valence-electron chi connectivity index (χ4n) is 2.95. The summed E-state index contributed by atoms with van der Waals surface area (Å²) in [6.45, 7) is 7.94. The molecule has 0 radical (unpaired) electrons. The smallest absolute Gasteiger partial charge is 0.123 e. The molecule has 128 valence electrons. The van der Waals surface area contributed by atoms with Gasteiger partial charge in [0.25, 0.3) is 0 Å². The molecule has 0 saturated carbocycles. The van der Waals surface area contributed by atoms with E-state index in [0.717, 1.165) is 42.8 Å². The molecule has 0 fully saturated rings. The zero-order valence-corrected chi connectivity index (χ0v) is 14.7. The average molecular weight is 325 g/mol. The third kappa shape index (κ3) is 4.93. The first kappa shape index (κ1) is 18.2. The lowest BCUT2D eigenvalue weighted by Gasteiger charge is -2.21. The summed E-state index contributed by atoms with van der Waals surface area (Å²) >= 11 is 0. The molecule has 0 spiro atoms. The Labute approximate surface area is 145 Å². The molecule has 24 heavy (non-hydrogen) atoms. The second kappa shape index (κ2) is 9.89. The topological polar surface area (TPSA) is 29.5 Å². The van der Waals surface area contributed by atoms with Gasteiger partial charge in [0.15, 0.2) is 0 Å². The Morgan fingerprint density at radius 1 is 1.00 bits per heavy atom. The first-order valence-corrected chi connectivity index (χ1v) is 8.72. The zero-order chi connectivity index (χ0) is 17.2. The lowest BCUT2D eigenvalue weighted by molar-refractivity contribution is -0.108. The van der Waals surface area contributed by atoms with E-state index in [1.807, 2.05) is 36.4 Å². The van der Waals surface area contributed by atoms with Crippen molar-refractivity contribution in [3.05, 3.63) is 65.7 Å². The van der Waals surface area contributed by atoms with Crippen LogP contribution in [0.15, 0.2) is 54.6 Å². The molecular weight excluding hydrogens is 298 g/mol. The van der Waals surface area contributed by atoms with Crippen molar-refractivity contribution in [3.8, 4) is 5.75 Å². The van der Waals surface area contributed by atoms with Crippen molar-refractivity contribution in [2.24, 2.45) is 0 Å². The summed E-state index contributed by atoms with van der Waals surface area (Å²) in [6, 6.07) is 18.2. The van der Waals surface area contributed by atoms with E-state index >= 15 is 0 Å². The van der Waals surface area contributed by atoms with Crippen molar-refractivity contribution in [1.82, 2.24) is 4.90 Å². The molecule has 0 aliphatic heterocycles. The van der Waals surface area contributed by atoms with E-state index in [9.17, 15) is 4.79 Å². The van der Waals surface area contributed by atoms with Crippen molar-refractivity contribution in [2.45, 2.75) is 26.2 Å². The number of ether oxygens (including phenoxy) is 1.